The molecule has 21 heavy (non-hydrogen) atoms. The van der Waals surface area contributed by atoms with Gasteiger partial charge < -0.3 is 14.8 Å². The second kappa shape index (κ2) is 7.98. The molecule has 0 bridgehead atoms. The van der Waals surface area contributed by atoms with Gasteiger partial charge in [-0.15, -0.1) is 0 Å². The highest BCUT2D eigenvalue weighted by atomic mass is 16.2. The SMILES string of the molecule is CC1CCCCN1CCCNC(=O)Cn1ccccc1=O. The van der Waals surface area contributed by atoms with Crippen LogP contribution in [0.1, 0.15) is 32.6 Å². The van der Waals surface area contributed by atoms with E-state index < -0.39 is 0 Å². The van der Waals surface area contributed by atoms with Gasteiger partial charge in [-0.05, 0) is 38.8 Å². The Morgan fingerprint density at radius 2 is 2.24 bits per heavy atom. The van der Waals surface area contributed by atoms with Crippen LogP contribution in [-0.4, -0.2) is 41.1 Å². The number of nitrogens with one attached hydrogen (secondary N) is 1. The van der Waals surface area contributed by atoms with Crippen molar-refractivity contribution in [3.8, 4) is 0 Å². The van der Waals surface area contributed by atoms with Gasteiger partial charge in [-0.3, -0.25) is 9.59 Å². The summed E-state index contributed by atoms with van der Waals surface area (Å²) in [4.78, 5) is 25.8. The van der Waals surface area contributed by atoms with Crippen molar-refractivity contribution >= 4 is 5.91 Å². The van der Waals surface area contributed by atoms with Gasteiger partial charge in [0.15, 0.2) is 0 Å². The highest BCUT2D eigenvalue weighted by Gasteiger charge is 2.17. The van der Waals surface area contributed by atoms with E-state index in [0.717, 1.165) is 13.0 Å². The molecule has 1 aromatic rings. The third-order valence-electron chi connectivity index (χ3n) is 4.10. The molecular formula is C16H25N3O2. The van der Waals surface area contributed by atoms with E-state index in [1.54, 1.807) is 18.3 Å². The first-order valence-electron chi connectivity index (χ1n) is 7.83. The molecule has 0 saturated carbocycles. The molecule has 5 heteroatoms. The predicted octanol–water partition coefficient (Wildman–Crippen LogP) is 1.23. The molecule has 1 saturated heterocycles. The molecule has 0 spiro atoms. The fraction of sp³-hybridized carbons (Fsp3) is 0.625. The summed E-state index contributed by atoms with van der Waals surface area (Å²) < 4.78 is 1.42. The first-order chi connectivity index (χ1) is 10.2. The van der Waals surface area contributed by atoms with Crippen molar-refractivity contribution in [2.24, 2.45) is 0 Å². The third-order valence-corrected chi connectivity index (χ3v) is 4.10. The molecule has 0 aliphatic carbocycles. The number of pyridine rings is 1. The molecule has 116 valence electrons. The summed E-state index contributed by atoms with van der Waals surface area (Å²) in [6.07, 6.45) is 6.49. The fourth-order valence-electron chi connectivity index (χ4n) is 2.80. The van der Waals surface area contributed by atoms with Crippen LogP contribution in [-0.2, 0) is 11.3 Å². The van der Waals surface area contributed by atoms with E-state index in [4.69, 9.17) is 0 Å². The summed E-state index contributed by atoms with van der Waals surface area (Å²) in [6, 6.07) is 5.56. The van der Waals surface area contributed by atoms with Gasteiger partial charge in [-0.2, -0.15) is 0 Å². The van der Waals surface area contributed by atoms with Gasteiger partial charge in [0.1, 0.15) is 6.54 Å². The van der Waals surface area contributed by atoms with Crippen LogP contribution in [0, 0.1) is 0 Å². The smallest absolute Gasteiger partial charge is 0.250 e. The number of rotatable bonds is 6. The Kier molecular flexibility index (Phi) is 5.99. The summed E-state index contributed by atoms with van der Waals surface area (Å²) in [5.41, 5.74) is -0.144. The summed E-state index contributed by atoms with van der Waals surface area (Å²) in [7, 11) is 0. The standard InChI is InChI=1S/C16H25N3O2/c1-14-7-2-4-10-18(14)12-6-9-17-15(20)13-19-11-5-3-8-16(19)21/h3,5,8,11,14H,2,4,6-7,9-10,12-13H2,1H3,(H,17,20). The van der Waals surface area contributed by atoms with Crippen LogP contribution in [0.5, 0.6) is 0 Å². The van der Waals surface area contributed by atoms with Crippen molar-refractivity contribution < 1.29 is 4.79 Å². The molecule has 1 aliphatic heterocycles. The van der Waals surface area contributed by atoms with E-state index in [9.17, 15) is 9.59 Å². The molecule has 1 N–H and O–H groups in total. The maximum atomic E-state index is 11.8. The van der Waals surface area contributed by atoms with Crippen molar-refractivity contribution in [2.75, 3.05) is 19.6 Å². The summed E-state index contributed by atoms with van der Waals surface area (Å²) in [5, 5.41) is 2.89. The summed E-state index contributed by atoms with van der Waals surface area (Å²) >= 11 is 0. The van der Waals surface area contributed by atoms with E-state index in [0.29, 0.717) is 12.6 Å². The Balaban J connectivity index is 1.65. The molecule has 0 aromatic carbocycles. The number of hydrogen-bond donors (Lipinski definition) is 1. The second-order valence-corrected chi connectivity index (χ2v) is 5.75. The lowest BCUT2D eigenvalue weighted by atomic mass is 10.0. The summed E-state index contributed by atoms with van der Waals surface area (Å²) in [5.74, 6) is -0.102. The van der Waals surface area contributed by atoms with Crippen molar-refractivity contribution in [1.29, 1.82) is 0 Å². The second-order valence-electron chi connectivity index (χ2n) is 5.75. The molecular weight excluding hydrogens is 266 g/mol. The molecule has 1 amide bonds. The first-order valence-corrected chi connectivity index (χ1v) is 7.83. The number of likely N-dealkylation sites (tertiary alicyclic amines) is 1. The Hall–Kier alpha value is -1.62. The molecule has 2 rings (SSSR count). The van der Waals surface area contributed by atoms with E-state index in [1.165, 1.54) is 36.4 Å². The van der Waals surface area contributed by atoms with Gasteiger partial charge in [0.05, 0.1) is 0 Å². The zero-order valence-electron chi connectivity index (χ0n) is 12.8. The number of aromatic nitrogens is 1. The highest BCUT2D eigenvalue weighted by molar-refractivity contribution is 5.75. The fourth-order valence-corrected chi connectivity index (χ4v) is 2.80. The van der Waals surface area contributed by atoms with Crippen molar-refractivity contribution in [1.82, 2.24) is 14.8 Å². The average molecular weight is 291 g/mol. The zero-order valence-corrected chi connectivity index (χ0v) is 12.8. The number of hydrogen-bond acceptors (Lipinski definition) is 3. The van der Waals surface area contributed by atoms with Gasteiger partial charge in [-0.1, -0.05) is 12.5 Å². The number of nitrogens with zero attached hydrogens (tertiary/aromatic N) is 2. The van der Waals surface area contributed by atoms with Gasteiger partial charge in [-0.25, -0.2) is 0 Å². The minimum absolute atomic E-state index is 0.0970. The molecule has 0 radical (unpaired) electrons. The largest absolute Gasteiger partial charge is 0.355 e. The van der Waals surface area contributed by atoms with Gasteiger partial charge in [0.25, 0.3) is 5.56 Å². The lowest BCUT2D eigenvalue weighted by Gasteiger charge is -2.33. The molecule has 2 heterocycles. The van der Waals surface area contributed by atoms with E-state index in [1.807, 2.05) is 0 Å². The number of piperidine rings is 1. The predicted molar refractivity (Wildman–Crippen MR) is 83.2 cm³/mol. The van der Waals surface area contributed by atoms with E-state index in [-0.39, 0.29) is 18.0 Å². The van der Waals surface area contributed by atoms with Crippen LogP contribution < -0.4 is 10.9 Å². The van der Waals surface area contributed by atoms with Crippen LogP contribution in [0.25, 0.3) is 0 Å². The van der Waals surface area contributed by atoms with E-state index in [2.05, 4.69) is 17.1 Å². The lowest BCUT2D eigenvalue weighted by molar-refractivity contribution is -0.121. The maximum Gasteiger partial charge on any atom is 0.250 e. The molecule has 5 nitrogen and oxygen atoms in total. The quantitative estimate of drug-likeness (QED) is 0.802. The van der Waals surface area contributed by atoms with Gasteiger partial charge >= 0.3 is 0 Å². The van der Waals surface area contributed by atoms with Crippen molar-refractivity contribution in [3.63, 3.8) is 0 Å². The number of carbonyl (C=O) groups excluding carboxylic acids is 1. The van der Waals surface area contributed by atoms with Crippen LogP contribution in [0.4, 0.5) is 0 Å². The molecule has 1 unspecified atom stereocenters. The Labute approximate surface area is 126 Å². The summed E-state index contributed by atoms with van der Waals surface area (Å²) in [6.45, 7) is 5.25. The lowest BCUT2D eigenvalue weighted by Crippen LogP contribution is -2.39. The Morgan fingerprint density at radius 3 is 3.00 bits per heavy atom. The van der Waals surface area contributed by atoms with E-state index >= 15 is 0 Å². The first kappa shape index (κ1) is 15.8. The van der Waals surface area contributed by atoms with Crippen LogP contribution in [0.15, 0.2) is 29.2 Å². The highest BCUT2D eigenvalue weighted by Crippen LogP contribution is 2.15. The number of amides is 1. The monoisotopic (exact) mass is 291 g/mol. The van der Waals surface area contributed by atoms with Gasteiger partial charge in [0, 0.05) is 31.4 Å². The average Bonchev–Trinajstić information content (AvgIpc) is 2.48. The minimum Gasteiger partial charge on any atom is -0.355 e. The molecule has 1 aliphatic rings. The van der Waals surface area contributed by atoms with Crippen LogP contribution in [0.3, 0.4) is 0 Å². The Bertz CT molecular complexity index is 512. The van der Waals surface area contributed by atoms with Crippen LogP contribution >= 0.6 is 0 Å². The van der Waals surface area contributed by atoms with Crippen LogP contribution in [0.2, 0.25) is 0 Å². The van der Waals surface area contributed by atoms with Gasteiger partial charge in [0.2, 0.25) is 5.91 Å². The molecule has 1 atom stereocenters. The molecule has 1 aromatic heterocycles. The number of carbonyl (C=O) groups is 1. The maximum absolute atomic E-state index is 11.8. The Morgan fingerprint density at radius 1 is 1.38 bits per heavy atom. The zero-order chi connectivity index (χ0) is 15.1. The van der Waals surface area contributed by atoms with Crippen molar-refractivity contribution in [2.45, 2.75) is 45.2 Å². The third kappa shape index (κ3) is 5.01. The molecule has 1 fully saturated rings. The normalized spacial score (nSPS) is 19.4. The van der Waals surface area contributed by atoms with Crippen molar-refractivity contribution in [3.05, 3.63) is 34.7 Å². The topological polar surface area (TPSA) is 54.3 Å². The minimum atomic E-state index is -0.144.